The number of hydrogen-bond donors (Lipinski definition) is 3. The number of sulfonamides is 1. The lowest BCUT2D eigenvalue weighted by atomic mass is 10.3. The van der Waals surface area contributed by atoms with Crippen molar-refractivity contribution in [3.63, 3.8) is 0 Å². The lowest BCUT2D eigenvalue weighted by Crippen LogP contribution is -2.29. The molecule has 0 spiro atoms. The first-order chi connectivity index (χ1) is 15.5. The van der Waals surface area contributed by atoms with Crippen LogP contribution < -0.4 is 24.8 Å². The first-order valence-electron chi connectivity index (χ1n) is 10.2. The zero-order valence-electron chi connectivity index (χ0n) is 17.5. The summed E-state index contributed by atoms with van der Waals surface area (Å²) in [7, 11) is -3.70. The highest BCUT2D eigenvalue weighted by atomic mass is 32.2. The van der Waals surface area contributed by atoms with Crippen molar-refractivity contribution in [2.24, 2.45) is 0 Å². The summed E-state index contributed by atoms with van der Waals surface area (Å²) >= 11 is 0. The van der Waals surface area contributed by atoms with Crippen LogP contribution in [0.4, 0.5) is 17.5 Å². The third kappa shape index (κ3) is 5.62. The first kappa shape index (κ1) is 21.8. The number of anilines is 3. The molecule has 0 fully saturated rings. The van der Waals surface area contributed by atoms with Crippen LogP contribution >= 0.6 is 0 Å². The molecule has 1 aromatic carbocycles. The van der Waals surface area contributed by atoms with Gasteiger partial charge in [-0.05, 0) is 31.2 Å². The van der Waals surface area contributed by atoms with E-state index in [1.54, 1.807) is 25.3 Å². The van der Waals surface area contributed by atoms with E-state index in [9.17, 15) is 8.42 Å². The van der Waals surface area contributed by atoms with E-state index >= 15 is 0 Å². The van der Waals surface area contributed by atoms with E-state index in [1.165, 1.54) is 12.1 Å². The Hall–Kier alpha value is -3.44. The predicted molar refractivity (Wildman–Crippen MR) is 120 cm³/mol. The van der Waals surface area contributed by atoms with Crippen molar-refractivity contribution in [1.82, 2.24) is 19.7 Å². The first-order valence-corrected chi connectivity index (χ1v) is 11.6. The van der Waals surface area contributed by atoms with E-state index in [1.807, 2.05) is 18.2 Å². The molecular formula is C21H24N6O4S. The van der Waals surface area contributed by atoms with Crippen molar-refractivity contribution in [2.45, 2.75) is 18.2 Å². The second-order valence-corrected chi connectivity index (χ2v) is 8.78. The summed E-state index contributed by atoms with van der Waals surface area (Å²) < 4.78 is 39.0. The van der Waals surface area contributed by atoms with Crippen LogP contribution in [0.2, 0.25) is 0 Å². The third-order valence-electron chi connectivity index (χ3n) is 4.51. The van der Waals surface area contributed by atoms with Gasteiger partial charge in [-0.3, -0.25) is 0 Å². The molecule has 0 radical (unpaired) electrons. The number of nitrogens with one attached hydrogen (secondary N) is 3. The average molecular weight is 457 g/mol. The average Bonchev–Trinajstić information content (AvgIpc) is 3.02. The predicted octanol–water partition coefficient (Wildman–Crippen LogP) is 2.48. The van der Waals surface area contributed by atoms with Crippen LogP contribution in [0.1, 0.15) is 12.2 Å². The van der Waals surface area contributed by atoms with Gasteiger partial charge in [-0.1, -0.05) is 6.07 Å². The maximum absolute atomic E-state index is 12.6. The molecule has 1 aliphatic rings. The minimum atomic E-state index is -3.70. The molecule has 11 heteroatoms. The molecule has 3 aromatic rings. The van der Waals surface area contributed by atoms with E-state index in [2.05, 4.69) is 30.3 Å². The van der Waals surface area contributed by atoms with Crippen molar-refractivity contribution in [3.05, 3.63) is 54.5 Å². The molecule has 0 saturated carbocycles. The van der Waals surface area contributed by atoms with Crippen molar-refractivity contribution in [2.75, 3.05) is 36.9 Å². The number of nitrogens with zero attached hydrogens (tertiary/aromatic N) is 3. The van der Waals surface area contributed by atoms with Gasteiger partial charge in [-0.25, -0.2) is 28.1 Å². The topological polar surface area (TPSA) is 127 Å². The van der Waals surface area contributed by atoms with E-state index in [4.69, 9.17) is 9.47 Å². The number of fused-ring (bicyclic) bond motifs is 1. The summed E-state index contributed by atoms with van der Waals surface area (Å²) in [6, 6.07) is 11.9. The lowest BCUT2D eigenvalue weighted by Gasteiger charge is -2.12. The molecule has 10 nitrogen and oxygen atoms in total. The van der Waals surface area contributed by atoms with Gasteiger partial charge in [0.25, 0.3) is 0 Å². The molecule has 168 valence electrons. The third-order valence-corrected chi connectivity index (χ3v) is 5.97. The summed E-state index contributed by atoms with van der Waals surface area (Å²) in [5.41, 5.74) is 0. The van der Waals surface area contributed by atoms with Crippen LogP contribution in [0.15, 0.2) is 53.6 Å². The molecule has 0 bridgehead atoms. The fraction of sp³-hybridized carbons (Fsp3) is 0.286. The number of benzene rings is 1. The van der Waals surface area contributed by atoms with Crippen LogP contribution in [0.25, 0.3) is 0 Å². The number of aromatic nitrogens is 3. The Balaban J connectivity index is 1.34. The molecule has 2 aromatic heterocycles. The zero-order chi connectivity index (χ0) is 22.4. The van der Waals surface area contributed by atoms with Gasteiger partial charge < -0.3 is 20.1 Å². The Morgan fingerprint density at radius 3 is 2.56 bits per heavy atom. The Morgan fingerprint density at radius 2 is 1.75 bits per heavy atom. The number of hydrogen-bond acceptors (Lipinski definition) is 9. The summed E-state index contributed by atoms with van der Waals surface area (Å²) in [6.07, 6.45) is 2.44. The molecule has 3 heterocycles. The molecule has 0 unspecified atom stereocenters. The summed E-state index contributed by atoms with van der Waals surface area (Å²) in [4.78, 5) is 13.0. The molecule has 1 aliphatic heterocycles. The van der Waals surface area contributed by atoms with Crippen LogP contribution in [-0.4, -0.2) is 49.7 Å². The van der Waals surface area contributed by atoms with Gasteiger partial charge in [0.15, 0.2) is 11.5 Å². The van der Waals surface area contributed by atoms with Gasteiger partial charge in [-0.15, -0.1) is 0 Å². The molecular weight excluding hydrogens is 432 g/mol. The van der Waals surface area contributed by atoms with E-state index in [-0.39, 0.29) is 11.4 Å². The Labute approximate surface area is 186 Å². The SMILES string of the molecule is Cc1nc(NCCNS(=O)(=O)c2ccc3c(c2)OCCCO3)cc(Nc2ccccn2)n1. The number of rotatable bonds is 8. The van der Waals surface area contributed by atoms with Crippen LogP contribution in [0, 0.1) is 6.92 Å². The number of pyridine rings is 1. The Bertz CT molecular complexity index is 1170. The fourth-order valence-corrected chi connectivity index (χ4v) is 4.11. The van der Waals surface area contributed by atoms with Crippen molar-refractivity contribution in [1.29, 1.82) is 0 Å². The molecule has 0 atom stereocenters. The molecule has 32 heavy (non-hydrogen) atoms. The molecule has 0 amide bonds. The Kier molecular flexibility index (Phi) is 6.66. The van der Waals surface area contributed by atoms with Gasteiger partial charge in [0.1, 0.15) is 23.3 Å². The highest BCUT2D eigenvalue weighted by Gasteiger charge is 2.18. The minimum absolute atomic E-state index is 0.126. The van der Waals surface area contributed by atoms with Gasteiger partial charge in [0.2, 0.25) is 10.0 Å². The van der Waals surface area contributed by atoms with Crippen molar-refractivity contribution < 1.29 is 17.9 Å². The summed E-state index contributed by atoms with van der Waals surface area (Å²) in [6.45, 7) is 3.32. The normalized spacial score (nSPS) is 13.3. The van der Waals surface area contributed by atoms with Gasteiger partial charge >= 0.3 is 0 Å². The second-order valence-electron chi connectivity index (χ2n) is 7.01. The largest absolute Gasteiger partial charge is 0.490 e. The van der Waals surface area contributed by atoms with Crippen LogP contribution in [-0.2, 0) is 10.0 Å². The monoisotopic (exact) mass is 456 g/mol. The maximum Gasteiger partial charge on any atom is 0.240 e. The molecule has 0 aliphatic carbocycles. The summed E-state index contributed by atoms with van der Waals surface area (Å²) in [5.74, 6) is 3.39. The standard InChI is InChI=1S/C21H24N6O4S/c1-15-25-20(14-21(26-15)27-19-5-2-3-8-22-19)23-9-10-24-32(28,29)16-6-7-17-18(13-16)31-12-4-11-30-17/h2-3,5-8,13-14,24H,4,9-12H2,1H3,(H2,22,23,25,26,27). The van der Waals surface area contributed by atoms with E-state index in [0.717, 1.165) is 6.42 Å². The number of ether oxygens (including phenoxy) is 2. The van der Waals surface area contributed by atoms with Crippen molar-refractivity contribution in [3.8, 4) is 11.5 Å². The maximum atomic E-state index is 12.6. The highest BCUT2D eigenvalue weighted by Crippen LogP contribution is 2.31. The van der Waals surface area contributed by atoms with Gasteiger partial charge in [0.05, 0.1) is 18.1 Å². The Morgan fingerprint density at radius 1 is 0.938 bits per heavy atom. The van der Waals surface area contributed by atoms with Gasteiger partial charge in [0, 0.05) is 37.8 Å². The summed E-state index contributed by atoms with van der Waals surface area (Å²) in [5, 5.41) is 6.23. The zero-order valence-corrected chi connectivity index (χ0v) is 18.4. The highest BCUT2D eigenvalue weighted by molar-refractivity contribution is 7.89. The van der Waals surface area contributed by atoms with Crippen LogP contribution in [0.3, 0.4) is 0 Å². The van der Waals surface area contributed by atoms with Crippen LogP contribution in [0.5, 0.6) is 11.5 Å². The van der Waals surface area contributed by atoms with Crippen molar-refractivity contribution >= 4 is 27.5 Å². The molecule has 3 N–H and O–H groups in total. The quantitative estimate of drug-likeness (QED) is 0.438. The van der Waals surface area contributed by atoms with E-state index in [0.29, 0.717) is 54.5 Å². The number of aryl methyl sites for hydroxylation is 1. The molecule has 4 rings (SSSR count). The molecule has 0 saturated heterocycles. The second kappa shape index (κ2) is 9.79. The minimum Gasteiger partial charge on any atom is -0.490 e. The fourth-order valence-electron chi connectivity index (χ4n) is 3.06. The smallest absolute Gasteiger partial charge is 0.240 e. The van der Waals surface area contributed by atoms with Gasteiger partial charge in [-0.2, -0.15) is 0 Å². The lowest BCUT2D eigenvalue weighted by molar-refractivity contribution is 0.297. The van der Waals surface area contributed by atoms with E-state index < -0.39 is 10.0 Å².